The van der Waals surface area contributed by atoms with Gasteiger partial charge in [0.15, 0.2) is 0 Å². The number of anilines is 2. The van der Waals surface area contributed by atoms with Crippen LogP contribution in [-0.2, 0) is 12.8 Å². The van der Waals surface area contributed by atoms with E-state index in [2.05, 4.69) is 17.0 Å². The van der Waals surface area contributed by atoms with Gasteiger partial charge in [-0.2, -0.15) is 0 Å². The number of hydrogen-bond donors (Lipinski definition) is 2. The Morgan fingerprint density at radius 3 is 2.19 bits per heavy atom. The first kappa shape index (κ1) is 13.5. The predicted molar refractivity (Wildman–Crippen MR) is 83.9 cm³/mol. The van der Waals surface area contributed by atoms with E-state index >= 15 is 0 Å². The summed E-state index contributed by atoms with van der Waals surface area (Å²) in [7, 11) is 0. The monoisotopic (exact) mass is 282 g/mol. The van der Waals surface area contributed by atoms with Crippen molar-refractivity contribution in [2.45, 2.75) is 12.8 Å². The minimum atomic E-state index is -0.931. The van der Waals surface area contributed by atoms with Crippen molar-refractivity contribution in [3.63, 3.8) is 0 Å². The van der Waals surface area contributed by atoms with Gasteiger partial charge in [0.05, 0.1) is 16.9 Å². The van der Waals surface area contributed by atoms with Crippen LogP contribution in [0.1, 0.15) is 21.5 Å². The zero-order valence-corrected chi connectivity index (χ0v) is 11.7. The van der Waals surface area contributed by atoms with E-state index in [1.807, 2.05) is 12.1 Å². The summed E-state index contributed by atoms with van der Waals surface area (Å²) in [5, 5.41) is 9.38. The number of carboxylic acid groups (broad SMARTS) is 1. The molecule has 21 heavy (non-hydrogen) atoms. The molecule has 0 saturated heterocycles. The molecule has 0 unspecified atom stereocenters. The highest BCUT2D eigenvalue weighted by Crippen LogP contribution is 2.30. The van der Waals surface area contributed by atoms with E-state index in [1.165, 1.54) is 11.1 Å². The van der Waals surface area contributed by atoms with Gasteiger partial charge in [-0.1, -0.05) is 30.3 Å². The van der Waals surface area contributed by atoms with Crippen molar-refractivity contribution in [1.82, 2.24) is 0 Å². The lowest BCUT2D eigenvalue weighted by Gasteiger charge is -2.25. The molecule has 1 aliphatic heterocycles. The third-order valence-electron chi connectivity index (χ3n) is 4.03. The first-order valence-corrected chi connectivity index (χ1v) is 7.10. The lowest BCUT2D eigenvalue weighted by atomic mass is 10.0. The average Bonchev–Trinajstić information content (AvgIpc) is 2.69. The van der Waals surface area contributed by atoms with Crippen LogP contribution in [0.15, 0.2) is 42.5 Å². The number of para-hydroxylation sites is 1. The number of rotatable bonds is 2. The Hall–Kier alpha value is -2.49. The van der Waals surface area contributed by atoms with E-state index in [0.717, 1.165) is 25.9 Å². The van der Waals surface area contributed by atoms with Crippen LogP contribution >= 0.6 is 0 Å². The predicted octanol–water partition coefficient (Wildman–Crippen LogP) is 2.57. The molecule has 108 valence electrons. The Bertz CT molecular complexity index is 655. The maximum atomic E-state index is 11.4. The summed E-state index contributed by atoms with van der Waals surface area (Å²) in [6, 6.07) is 13.5. The number of nitrogens with zero attached hydrogens (tertiary/aromatic N) is 1. The highest BCUT2D eigenvalue weighted by Gasteiger charge is 2.21. The van der Waals surface area contributed by atoms with Gasteiger partial charge in [0, 0.05) is 13.1 Å². The normalized spacial score (nSPS) is 14.4. The molecule has 0 radical (unpaired) electrons. The fourth-order valence-corrected chi connectivity index (χ4v) is 2.98. The van der Waals surface area contributed by atoms with Crippen molar-refractivity contribution in [2.75, 3.05) is 23.7 Å². The van der Waals surface area contributed by atoms with Crippen molar-refractivity contribution in [2.24, 2.45) is 0 Å². The standard InChI is InChI=1S/C17H18N2O2/c18-15-7-3-6-14(17(20)21)16(15)19-10-8-12-4-1-2-5-13(12)9-11-19/h1-7H,8-11,18H2,(H,20,21). The molecule has 2 aromatic carbocycles. The summed E-state index contributed by atoms with van der Waals surface area (Å²) in [5.41, 5.74) is 10.2. The quantitative estimate of drug-likeness (QED) is 0.831. The molecule has 4 nitrogen and oxygen atoms in total. The van der Waals surface area contributed by atoms with Gasteiger partial charge in [-0.3, -0.25) is 0 Å². The molecule has 0 atom stereocenters. The van der Waals surface area contributed by atoms with Gasteiger partial charge in [-0.05, 0) is 36.1 Å². The molecule has 0 spiro atoms. The molecule has 0 bridgehead atoms. The Kier molecular flexibility index (Phi) is 3.52. The van der Waals surface area contributed by atoms with Crippen LogP contribution in [0.2, 0.25) is 0 Å². The molecule has 0 fully saturated rings. The first-order valence-electron chi connectivity index (χ1n) is 7.10. The topological polar surface area (TPSA) is 66.6 Å². The third kappa shape index (κ3) is 2.57. The van der Waals surface area contributed by atoms with Crippen molar-refractivity contribution >= 4 is 17.3 Å². The lowest BCUT2D eigenvalue weighted by molar-refractivity contribution is 0.0697. The fourth-order valence-electron chi connectivity index (χ4n) is 2.98. The van der Waals surface area contributed by atoms with E-state index in [1.54, 1.807) is 18.2 Å². The van der Waals surface area contributed by atoms with Gasteiger partial charge in [0.2, 0.25) is 0 Å². The smallest absolute Gasteiger partial charge is 0.337 e. The molecule has 1 heterocycles. The zero-order chi connectivity index (χ0) is 14.8. The van der Waals surface area contributed by atoms with E-state index in [-0.39, 0.29) is 5.56 Å². The molecule has 4 heteroatoms. The largest absolute Gasteiger partial charge is 0.478 e. The second kappa shape index (κ2) is 5.48. The van der Waals surface area contributed by atoms with Crippen LogP contribution in [0.25, 0.3) is 0 Å². The number of aromatic carboxylic acids is 1. The van der Waals surface area contributed by atoms with Crippen LogP contribution in [0, 0.1) is 0 Å². The second-order valence-corrected chi connectivity index (χ2v) is 5.30. The molecule has 1 aliphatic rings. The average molecular weight is 282 g/mol. The molecule has 0 aliphatic carbocycles. The highest BCUT2D eigenvalue weighted by atomic mass is 16.4. The summed E-state index contributed by atoms with van der Waals surface area (Å²) in [5.74, 6) is -0.931. The number of benzene rings is 2. The summed E-state index contributed by atoms with van der Waals surface area (Å²) in [6.07, 6.45) is 1.81. The minimum Gasteiger partial charge on any atom is -0.478 e. The van der Waals surface area contributed by atoms with Gasteiger partial charge in [-0.25, -0.2) is 4.79 Å². The number of fused-ring (bicyclic) bond motifs is 1. The van der Waals surface area contributed by atoms with Crippen LogP contribution in [0.5, 0.6) is 0 Å². The summed E-state index contributed by atoms with van der Waals surface area (Å²) >= 11 is 0. The van der Waals surface area contributed by atoms with E-state index in [4.69, 9.17) is 5.73 Å². The van der Waals surface area contributed by atoms with Crippen LogP contribution in [0.4, 0.5) is 11.4 Å². The van der Waals surface area contributed by atoms with Gasteiger partial charge in [0.25, 0.3) is 0 Å². The van der Waals surface area contributed by atoms with Gasteiger partial charge < -0.3 is 15.7 Å². The summed E-state index contributed by atoms with van der Waals surface area (Å²) < 4.78 is 0. The SMILES string of the molecule is Nc1cccc(C(=O)O)c1N1CCc2ccccc2CC1. The molecule has 3 rings (SSSR count). The number of carbonyl (C=O) groups is 1. The van der Waals surface area contributed by atoms with Crippen molar-refractivity contribution < 1.29 is 9.90 Å². The molecular formula is C17H18N2O2. The number of carboxylic acids is 1. The van der Waals surface area contributed by atoms with Gasteiger partial charge in [-0.15, -0.1) is 0 Å². The Balaban J connectivity index is 1.95. The maximum absolute atomic E-state index is 11.4. The number of hydrogen-bond acceptors (Lipinski definition) is 3. The Morgan fingerprint density at radius 1 is 1.00 bits per heavy atom. The second-order valence-electron chi connectivity index (χ2n) is 5.30. The lowest BCUT2D eigenvalue weighted by Crippen LogP contribution is -2.28. The van der Waals surface area contributed by atoms with Crippen molar-refractivity contribution in [3.8, 4) is 0 Å². The summed E-state index contributed by atoms with van der Waals surface area (Å²) in [6.45, 7) is 1.57. The minimum absolute atomic E-state index is 0.279. The van der Waals surface area contributed by atoms with Gasteiger partial charge in [0.1, 0.15) is 0 Å². The number of nitrogen functional groups attached to an aromatic ring is 1. The molecule has 2 aromatic rings. The molecular weight excluding hydrogens is 264 g/mol. The van der Waals surface area contributed by atoms with E-state index < -0.39 is 5.97 Å². The maximum Gasteiger partial charge on any atom is 0.337 e. The van der Waals surface area contributed by atoms with Crippen LogP contribution in [-0.4, -0.2) is 24.2 Å². The summed E-state index contributed by atoms with van der Waals surface area (Å²) in [4.78, 5) is 13.5. The third-order valence-corrected chi connectivity index (χ3v) is 4.03. The molecule has 0 saturated carbocycles. The first-order chi connectivity index (χ1) is 10.2. The Labute approximate surface area is 123 Å². The molecule has 0 aromatic heterocycles. The highest BCUT2D eigenvalue weighted by molar-refractivity contribution is 5.98. The molecule has 0 amide bonds. The fraction of sp³-hybridized carbons (Fsp3) is 0.235. The number of nitrogens with two attached hydrogens (primary N) is 1. The van der Waals surface area contributed by atoms with E-state index in [9.17, 15) is 9.90 Å². The Morgan fingerprint density at radius 2 is 1.62 bits per heavy atom. The van der Waals surface area contributed by atoms with Gasteiger partial charge >= 0.3 is 5.97 Å². The van der Waals surface area contributed by atoms with E-state index in [0.29, 0.717) is 11.4 Å². The van der Waals surface area contributed by atoms with Crippen molar-refractivity contribution in [1.29, 1.82) is 0 Å². The van der Waals surface area contributed by atoms with Crippen LogP contribution in [0.3, 0.4) is 0 Å². The molecule has 3 N–H and O–H groups in total. The van der Waals surface area contributed by atoms with Crippen LogP contribution < -0.4 is 10.6 Å². The van der Waals surface area contributed by atoms with Crippen molar-refractivity contribution in [3.05, 3.63) is 59.2 Å². The zero-order valence-electron chi connectivity index (χ0n) is 11.7.